The van der Waals surface area contributed by atoms with Gasteiger partial charge in [-0.2, -0.15) is 0 Å². The van der Waals surface area contributed by atoms with E-state index in [2.05, 4.69) is 16.0 Å². The number of halogens is 1. The Hall–Kier alpha value is -1.62. The Kier molecular flexibility index (Phi) is 4.60. The van der Waals surface area contributed by atoms with Crippen molar-refractivity contribution in [1.82, 2.24) is 5.32 Å². The van der Waals surface area contributed by atoms with Crippen molar-refractivity contribution in [1.29, 1.82) is 0 Å². The molecule has 1 unspecified atom stereocenters. The van der Waals surface area contributed by atoms with E-state index >= 15 is 0 Å². The molecule has 1 heterocycles. The minimum Gasteiger partial charge on any atom is -0.381 e. The molecule has 5 heteroatoms. The van der Waals surface area contributed by atoms with Crippen LogP contribution in [0.1, 0.15) is 20.8 Å². The zero-order valence-corrected chi connectivity index (χ0v) is 12.2. The molecular formula is C15H22FN3O. The molecule has 1 saturated heterocycles. The lowest BCUT2D eigenvalue weighted by Gasteiger charge is -2.31. The molecular weight excluding hydrogens is 257 g/mol. The van der Waals surface area contributed by atoms with Gasteiger partial charge in [-0.3, -0.25) is 4.79 Å². The average molecular weight is 279 g/mol. The summed E-state index contributed by atoms with van der Waals surface area (Å²) in [6.45, 7) is 7.65. The van der Waals surface area contributed by atoms with Gasteiger partial charge in [0.15, 0.2) is 0 Å². The van der Waals surface area contributed by atoms with Crippen LogP contribution in [0.5, 0.6) is 0 Å². The highest BCUT2D eigenvalue weighted by atomic mass is 19.1. The molecule has 0 aliphatic carbocycles. The van der Waals surface area contributed by atoms with Crippen molar-refractivity contribution in [2.24, 2.45) is 11.8 Å². The van der Waals surface area contributed by atoms with E-state index in [1.807, 2.05) is 20.8 Å². The number of rotatable bonds is 5. The van der Waals surface area contributed by atoms with Crippen LogP contribution in [0.2, 0.25) is 0 Å². The van der Waals surface area contributed by atoms with Crippen LogP contribution in [0, 0.1) is 17.7 Å². The fourth-order valence-electron chi connectivity index (χ4n) is 2.18. The molecule has 2 rings (SSSR count). The van der Waals surface area contributed by atoms with Gasteiger partial charge in [0.25, 0.3) is 0 Å². The second-order valence-electron chi connectivity index (χ2n) is 5.69. The van der Waals surface area contributed by atoms with Gasteiger partial charge in [-0.1, -0.05) is 6.92 Å². The molecule has 0 bridgehead atoms. The number of hydrogen-bond acceptors (Lipinski definition) is 3. The molecule has 4 nitrogen and oxygen atoms in total. The number of anilines is 2. The first-order valence-electron chi connectivity index (χ1n) is 7.05. The van der Waals surface area contributed by atoms with Crippen molar-refractivity contribution in [3.63, 3.8) is 0 Å². The Morgan fingerprint density at radius 3 is 2.55 bits per heavy atom. The van der Waals surface area contributed by atoms with E-state index in [9.17, 15) is 9.18 Å². The van der Waals surface area contributed by atoms with Gasteiger partial charge in [0.05, 0.1) is 11.4 Å². The molecule has 1 amide bonds. The molecule has 0 radical (unpaired) electrons. The zero-order chi connectivity index (χ0) is 14.7. The van der Waals surface area contributed by atoms with Crippen LogP contribution in [-0.2, 0) is 4.79 Å². The molecule has 0 saturated carbocycles. The number of nitrogens with one attached hydrogen (secondary N) is 3. The number of hydrogen-bond donors (Lipinski definition) is 3. The van der Waals surface area contributed by atoms with Crippen molar-refractivity contribution in [2.75, 3.05) is 23.7 Å². The molecule has 1 aromatic carbocycles. The lowest BCUT2D eigenvalue weighted by Crippen LogP contribution is -2.48. The molecule has 1 aliphatic rings. The Morgan fingerprint density at radius 2 is 2.00 bits per heavy atom. The molecule has 1 atom stereocenters. The van der Waals surface area contributed by atoms with Crippen LogP contribution >= 0.6 is 0 Å². The molecule has 0 spiro atoms. The lowest BCUT2D eigenvalue weighted by atomic mass is 9.88. The minimum absolute atomic E-state index is 0.0612. The summed E-state index contributed by atoms with van der Waals surface area (Å²) in [6.07, 6.45) is 0. The minimum atomic E-state index is -0.354. The number of benzene rings is 1. The Bertz CT molecular complexity index is 486. The fraction of sp³-hybridized carbons (Fsp3) is 0.533. The predicted molar refractivity (Wildman–Crippen MR) is 79.3 cm³/mol. The maximum absolute atomic E-state index is 13.4. The standard InChI is InChI=1S/C15H22FN3O/c1-9(2)18-13-5-4-12(16)6-14(13)19-15(20)10(3)11-7-17-8-11/h4-6,9-11,17-18H,7-8H2,1-3H3,(H,19,20). The topological polar surface area (TPSA) is 53.2 Å². The first-order valence-corrected chi connectivity index (χ1v) is 7.05. The van der Waals surface area contributed by atoms with Gasteiger partial charge in [0.2, 0.25) is 5.91 Å². The van der Waals surface area contributed by atoms with Crippen molar-refractivity contribution in [3.05, 3.63) is 24.0 Å². The van der Waals surface area contributed by atoms with Gasteiger partial charge in [-0.25, -0.2) is 4.39 Å². The van der Waals surface area contributed by atoms with Gasteiger partial charge in [0, 0.05) is 12.0 Å². The number of carbonyl (C=O) groups excluding carboxylic acids is 1. The molecule has 1 aromatic rings. The van der Waals surface area contributed by atoms with E-state index in [1.54, 1.807) is 6.07 Å². The van der Waals surface area contributed by atoms with Crippen molar-refractivity contribution >= 4 is 17.3 Å². The largest absolute Gasteiger partial charge is 0.381 e. The first kappa shape index (κ1) is 14.8. The van der Waals surface area contributed by atoms with Crippen molar-refractivity contribution in [2.45, 2.75) is 26.8 Å². The van der Waals surface area contributed by atoms with E-state index in [1.165, 1.54) is 12.1 Å². The van der Waals surface area contributed by atoms with E-state index < -0.39 is 0 Å². The fourth-order valence-corrected chi connectivity index (χ4v) is 2.18. The SMILES string of the molecule is CC(C)Nc1ccc(F)cc1NC(=O)C(C)C1CNC1. The summed E-state index contributed by atoms with van der Waals surface area (Å²) < 4.78 is 13.4. The normalized spacial score (nSPS) is 16.6. The number of carbonyl (C=O) groups is 1. The highest BCUT2D eigenvalue weighted by Crippen LogP contribution is 2.25. The van der Waals surface area contributed by atoms with Gasteiger partial charge in [0.1, 0.15) is 5.82 Å². The molecule has 1 fully saturated rings. The van der Waals surface area contributed by atoms with Crippen LogP contribution in [0.25, 0.3) is 0 Å². The molecule has 1 aliphatic heterocycles. The van der Waals surface area contributed by atoms with Crippen LogP contribution < -0.4 is 16.0 Å². The Morgan fingerprint density at radius 1 is 1.30 bits per heavy atom. The van der Waals surface area contributed by atoms with E-state index in [0.717, 1.165) is 18.8 Å². The third-order valence-corrected chi connectivity index (χ3v) is 3.62. The third-order valence-electron chi connectivity index (χ3n) is 3.62. The maximum atomic E-state index is 13.4. The Balaban J connectivity index is 2.10. The summed E-state index contributed by atoms with van der Waals surface area (Å²) in [5, 5.41) is 9.20. The summed E-state index contributed by atoms with van der Waals surface area (Å²) in [5.41, 5.74) is 1.25. The van der Waals surface area contributed by atoms with Gasteiger partial charge >= 0.3 is 0 Å². The van der Waals surface area contributed by atoms with E-state index in [0.29, 0.717) is 11.6 Å². The molecule has 20 heavy (non-hydrogen) atoms. The van der Waals surface area contributed by atoms with Crippen molar-refractivity contribution < 1.29 is 9.18 Å². The van der Waals surface area contributed by atoms with Gasteiger partial charge in [-0.15, -0.1) is 0 Å². The Labute approximate surface area is 119 Å². The smallest absolute Gasteiger partial charge is 0.227 e. The van der Waals surface area contributed by atoms with Crippen LogP contribution in [0.15, 0.2) is 18.2 Å². The highest BCUT2D eigenvalue weighted by molar-refractivity contribution is 5.95. The van der Waals surface area contributed by atoms with Crippen molar-refractivity contribution in [3.8, 4) is 0 Å². The average Bonchev–Trinajstić information content (AvgIpc) is 2.29. The number of amides is 1. The van der Waals surface area contributed by atoms with Crippen LogP contribution in [-0.4, -0.2) is 25.0 Å². The first-order chi connectivity index (χ1) is 9.47. The van der Waals surface area contributed by atoms with Gasteiger partial charge in [-0.05, 0) is 51.1 Å². The molecule has 3 N–H and O–H groups in total. The quantitative estimate of drug-likeness (QED) is 0.776. The summed E-state index contributed by atoms with van der Waals surface area (Å²) in [4.78, 5) is 12.2. The molecule has 0 aromatic heterocycles. The highest BCUT2D eigenvalue weighted by Gasteiger charge is 2.29. The van der Waals surface area contributed by atoms with Crippen LogP contribution in [0.3, 0.4) is 0 Å². The summed E-state index contributed by atoms with van der Waals surface area (Å²) in [6, 6.07) is 4.61. The molecule has 110 valence electrons. The summed E-state index contributed by atoms with van der Waals surface area (Å²) >= 11 is 0. The van der Waals surface area contributed by atoms with E-state index in [4.69, 9.17) is 0 Å². The maximum Gasteiger partial charge on any atom is 0.227 e. The second kappa shape index (κ2) is 6.22. The van der Waals surface area contributed by atoms with E-state index in [-0.39, 0.29) is 23.7 Å². The van der Waals surface area contributed by atoms with Gasteiger partial charge < -0.3 is 16.0 Å². The second-order valence-corrected chi connectivity index (χ2v) is 5.69. The zero-order valence-electron chi connectivity index (χ0n) is 12.2. The predicted octanol–water partition coefficient (Wildman–Crippen LogP) is 2.44. The summed E-state index contributed by atoms with van der Waals surface area (Å²) in [7, 11) is 0. The van der Waals surface area contributed by atoms with Crippen LogP contribution in [0.4, 0.5) is 15.8 Å². The lowest BCUT2D eigenvalue weighted by molar-refractivity contribution is -0.121. The third kappa shape index (κ3) is 3.48. The monoisotopic (exact) mass is 279 g/mol. The summed E-state index contributed by atoms with van der Waals surface area (Å²) in [5.74, 6) is -0.127.